The van der Waals surface area contributed by atoms with Crippen molar-refractivity contribution in [2.24, 2.45) is 50.7 Å². The number of esters is 1. The molecule has 5 saturated carbocycles. The molecule has 0 amide bonds. The number of morpholine rings is 1. The Bertz CT molecular complexity index is 1230. The first-order valence-electron chi connectivity index (χ1n) is 18.0. The number of rotatable bonds is 5. The average Bonchev–Trinajstić information content (AvgIpc) is 3.57. The van der Waals surface area contributed by atoms with Gasteiger partial charge in [0.2, 0.25) is 0 Å². The Hall–Kier alpha value is -1.06. The predicted molar refractivity (Wildman–Crippen MR) is 169 cm³/mol. The Morgan fingerprint density at radius 2 is 1.76 bits per heavy atom. The van der Waals surface area contributed by atoms with Crippen LogP contribution >= 0.6 is 0 Å². The van der Waals surface area contributed by atoms with E-state index in [0.29, 0.717) is 18.3 Å². The molecular weight excluding hydrogens is 570 g/mol. The molecule has 1 N–H and O–H groups in total. The number of carbonyl (C=O) groups is 2. The number of aliphatic hydroxyl groups is 1. The van der Waals surface area contributed by atoms with Gasteiger partial charge in [-0.1, -0.05) is 34.6 Å². The van der Waals surface area contributed by atoms with Gasteiger partial charge in [0, 0.05) is 31.3 Å². The molecule has 7 fully saturated rings. The van der Waals surface area contributed by atoms with Gasteiger partial charge in [0.25, 0.3) is 0 Å². The lowest BCUT2D eigenvalue weighted by Gasteiger charge is -2.62. The van der Waals surface area contributed by atoms with Gasteiger partial charge in [-0.25, -0.2) is 0 Å². The van der Waals surface area contributed by atoms with E-state index in [4.69, 9.17) is 18.9 Å². The minimum Gasteiger partial charge on any atom is -0.457 e. The number of carbonyl (C=O) groups excluding carboxylic acids is 2. The molecule has 2 aliphatic heterocycles. The van der Waals surface area contributed by atoms with Crippen LogP contribution < -0.4 is 0 Å². The summed E-state index contributed by atoms with van der Waals surface area (Å²) in [4.78, 5) is 29.3. The van der Waals surface area contributed by atoms with E-state index in [9.17, 15) is 14.7 Å². The van der Waals surface area contributed by atoms with Crippen LogP contribution in [0.4, 0.5) is 0 Å². The molecule has 8 heteroatoms. The van der Waals surface area contributed by atoms with Gasteiger partial charge in [0.05, 0.1) is 24.4 Å². The number of ketones is 1. The summed E-state index contributed by atoms with van der Waals surface area (Å²) in [7, 11) is 2.14. The zero-order valence-electron chi connectivity index (χ0n) is 29.3. The Morgan fingerprint density at radius 3 is 2.42 bits per heavy atom. The zero-order valence-corrected chi connectivity index (χ0v) is 29.3. The molecule has 45 heavy (non-hydrogen) atoms. The predicted octanol–water partition coefficient (Wildman–Crippen LogP) is 5.38. The van der Waals surface area contributed by atoms with Gasteiger partial charge in [-0.15, -0.1) is 0 Å². The third-order valence-corrected chi connectivity index (χ3v) is 15.4. The monoisotopic (exact) mass is 629 g/mol. The smallest absolute Gasteiger partial charge is 0.303 e. The molecule has 0 radical (unpaired) electrons. The lowest BCUT2D eigenvalue weighted by Crippen LogP contribution is -2.59. The molecule has 7 rings (SSSR count). The standard InChI is InChI=1S/C37H59NO7/c1-21-18-23(31(33(5,6)41)43-22(2)39)44-29-28(21)34(7)14-15-37-20-36(37)13-12-26(45-27-19-38(9)16-17-42-27)32(3,4)24(36)10-11-25(37)35(34,8)30(29)40/h21,23-29,31,41H,10-20H2,1-9H3/t21-,23?,24+,25?,26+,27+,28+,29?,31+,34-,35-,36?,37+/m1/s1. The Kier molecular flexibility index (Phi) is 7.38. The van der Waals surface area contributed by atoms with Gasteiger partial charge in [-0.2, -0.15) is 0 Å². The van der Waals surface area contributed by atoms with Crippen molar-refractivity contribution in [2.45, 2.75) is 143 Å². The first-order chi connectivity index (χ1) is 20.9. The van der Waals surface area contributed by atoms with Gasteiger partial charge < -0.3 is 24.1 Å². The average molecular weight is 630 g/mol. The van der Waals surface area contributed by atoms with Crippen molar-refractivity contribution >= 4 is 11.8 Å². The Labute approximate surface area is 270 Å². The minimum atomic E-state index is -1.28. The molecule has 2 spiro atoms. The van der Waals surface area contributed by atoms with Crippen LogP contribution in [-0.4, -0.2) is 84.8 Å². The third kappa shape index (κ3) is 4.33. The zero-order chi connectivity index (χ0) is 32.5. The highest BCUT2D eigenvalue weighted by Crippen LogP contribution is 2.89. The van der Waals surface area contributed by atoms with Crippen molar-refractivity contribution < 1.29 is 33.6 Å². The summed E-state index contributed by atoms with van der Waals surface area (Å²) in [5.41, 5.74) is -1.32. The van der Waals surface area contributed by atoms with Gasteiger partial charge in [0.15, 0.2) is 18.2 Å². The fourth-order valence-electron chi connectivity index (χ4n) is 13.3. The summed E-state index contributed by atoms with van der Waals surface area (Å²) >= 11 is 0. The molecule has 13 atom stereocenters. The second kappa shape index (κ2) is 10.2. The van der Waals surface area contributed by atoms with Crippen molar-refractivity contribution in [1.82, 2.24) is 4.90 Å². The Morgan fingerprint density at radius 1 is 1.07 bits per heavy atom. The van der Waals surface area contributed by atoms with Crippen LogP contribution in [-0.2, 0) is 28.5 Å². The van der Waals surface area contributed by atoms with Gasteiger partial charge in [-0.05, 0) is 112 Å². The van der Waals surface area contributed by atoms with Crippen LogP contribution in [0.2, 0.25) is 0 Å². The van der Waals surface area contributed by atoms with E-state index in [1.165, 1.54) is 26.2 Å². The highest BCUT2D eigenvalue weighted by Gasteiger charge is 2.85. The topological polar surface area (TPSA) is 94.5 Å². The summed E-state index contributed by atoms with van der Waals surface area (Å²) < 4.78 is 25.2. The molecular formula is C37H59NO7. The summed E-state index contributed by atoms with van der Waals surface area (Å²) in [6, 6.07) is 0. The molecule has 5 aliphatic carbocycles. The molecule has 254 valence electrons. The third-order valence-electron chi connectivity index (χ3n) is 15.4. The second-order valence-electron chi connectivity index (χ2n) is 18.2. The van der Waals surface area contributed by atoms with Crippen LogP contribution in [0.25, 0.3) is 0 Å². The van der Waals surface area contributed by atoms with Crippen molar-refractivity contribution in [3.63, 3.8) is 0 Å². The van der Waals surface area contributed by atoms with Crippen molar-refractivity contribution in [1.29, 1.82) is 0 Å². The fourth-order valence-corrected chi connectivity index (χ4v) is 13.3. The first kappa shape index (κ1) is 32.5. The molecule has 0 aromatic heterocycles. The molecule has 4 unspecified atom stereocenters. The fraction of sp³-hybridized carbons (Fsp3) is 0.946. The summed E-state index contributed by atoms with van der Waals surface area (Å²) in [5.74, 6) is 1.12. The van der Waals surface area contributed by atoms with E-state index in [1.54, 1.807) is 13.8 Å². The van der Waals surface area contributed by atoms with E-state index in [-0.39, 0.29) is 51.7 Å². The van der Waals surface area contributed by atoms with Crippen molar-refractivity contribution in [2.75, 3.05) is 26.7 Å². The maximum absolute atomic E-state index is 15.0. The lowest BCUT2D eigenvalue weighted by atomic mass is 9.41. The maximum Gasteiger partial charge on any atom is 0.303 e. The molecule has 2 saturated heterocycles. The van der Waals surface area contributed by atoms with Gasteiger partial charge >= 0.3 is 5.97 Å². The summed E-state index contributed by atoms with van der Waals surface area (Å²) in [6.45, 7) is 19.1. The number of nitrogens with zero attached hydrogens (tertiary/aromatic N) is 1. The van der Waals surface area contributed by atoms with E-state index in [1.807, 2.05) is 0 Å². The Balaban J connectivity index is 1.15. The van der Waals surface area contributed by atoms with E-state index < -0.39 is 35.3 Å². The molecule has 0 aromatic carbocycles. The SMILES string of the molecule is CC(=O)O[C@@H](C1C[C@@H](C)[C@H]2C(O1)C(=O)[C@@]1(C)C3CC[C@H]4C(C)(C)[C@@H](O[C@H]5CN(C)CCO5)CCC45C[C@@]35CC[C@]21C)C(C)(C)O. The molecule has 2 heterocycles. The van der Waals surface area contributed by atoms with E-state index in [2.05, 4.69) is 46.6 Å². The number of ether oxygens (including phenoxy) is 4. The van der Waals surface area contributed by atoms with E-state index >= 15 is 0 Å². The highest BCUT2D eigenvalue weighted by atomic mass is 16.7. The highest BCUT2D eigenvalue weighted by molar-refractivity contribution is 5.93. The first-order valence-corrected chi connectivity index (χ1v) is 18.0. The van der Waals surface area contributed by atoms with Crippen LogP contribution in [0.5, 0.6) is 0 Å². The summed E-state index contributed by atoms with van der Waals surface area (Å²) in [6.07, 6.45) is 6.82. The van der Waals surface area contributed by atoms with Crippen LogP contribution in [0, 0.1) is 50.7 Å². The lowest BCUT2D eigenvalue weighted by molar-refractivity contribution is -0.245. The number of hydrogen-bond acceptors (Lipinski definition) is 8. The number of likely N-dealkylation sites (N-methyl/N-ethyl adjacent to an activating group) is 1. The van der Waals surface area contributed by atoms with Crippen LogP contribution in [0.15, 0.2) is 0 Å². The summed E-state index contributed by atoms with van der Waals surface area (Å²) in [5, 5.41) is 11.0. The second-order valence-corrected chi connectivity index (χ2v) is 18.2. The normalized spacial score (nSPS) is 51.2. The van der Waals surface area contributed by atoms with E-state index in [0.717, 1.165) is 45.4 Å². The number of fused-ring (bicyclic) bond motifs is 4. The largest absolute Gasteiger partial charge is 0.457 e. The number of hydrogen-bond donors (Lipinski definition) is 1. The van der Waals surface area contributed by atoms with Crippen molar-refractivity contribution in [3.8, 4) is 0 Å². The van der Waals surface area contributed by atoms with Gasteiger partial charge in [-0.3, -0.25) is 14.5 Å². The van der Waals surface area contributed by atoms with Crippen LogP contribution in [0.3, 0.4) is 0 Å². The quantitative estimate of drug-likeness (QED) is 0.405. The van der Waals surface area contributed by atoms with Gasteiger partial charge in [0.1, 0.15) is 6.10 Å². The molecule has 8 nitrogen and oxygen atoms in total. The minimum absolute atomic E-state index is 0.0507. The molecule has 0 aromatic rings. The number of Topliss-reactive ketones (excluding diaryl/α,β-unsaturated/α-hetero) is 1. The van der Waals surface area contributed by atoms with Crippen molar-refractivity contribution in [3.05, 3.63) is 0 Å². The molecule has 7 aliphatic rings. The molecule has 0 bridgehead atoms. The van der Waals surface area contributed by atoms with Crippen LogP contribution in [0.1, 0.15) is 107 Å². The maximum atomic E-state index is 15.0.